The van der Waals surface area contributed by atoms with Crippen LogP contribution in [-0.4, -0.2) is 22.8 Å². The number of aromatic nitrogens is 1. The van der Waals surface area contributed by atoms with E-state index in [1.54, 1.807) is 6.07 Å². The van der Waals surface area contributed by atoms with E-state index in [2.05, 4.69) is 15.6 Å². The molecule has 0 bridgehead atoms. The maximum atomic E-state index is 12.3. The average molecular weight is 295 g/mol. The standard InChI is InChI=1S/C17H17N3O2/c1-11-4-2-3-5-14(11)20-16(21)12-8-9-18-15(10-12)17(22)19-13-6-7-13/h2-5,8-10,13H,6-7H2,1H3,(H,19,22)(H,20,21). The van der Waals surface area contributed by atoms with Gasteiger partial charge < -0.3 is 10.6 Å². The van der Waals surface area contributed by atoms with Crippen molar-refractivity contribution in [3.05, 3.63) is 59.4 Å². The molecule has 1 heterocycles. The summed E-state index contributed by atoms with van der Waals surface area (Å²) in [4.78, 5) is 28.3. The fraction of sp³-hybridized carbons (Fsp3) is 0.235. The number of para-hydroxylation sites is 1. The van der Waals surface area contributed by atoms with Gasteiger partial charge in [0.15, 0.2) is 0 Å². The molecule has 0 aliphatic heterocycles. The van der Waals surface area contributed by atoms with Gasteiger partial charge in [0.25, 0.3) is 11.8 Å². The van der Waals surface area contributed by atoms with Gasteiger partial charge >= 0.3 is 0 Å². The van der Waals surface area contributed by atoms with Crippen molar-refractivity contribution in [1.29, 1.82) is 0 Å². The zero-order valence-electron chi connectivity index (χ0n) is 12.3. The topological polar surface area (TPSA) is 71.1 Å². The number of carbonyl (C=O) groups excluding carboxylic acids is 2. The van der Waals surface area contributed by atoms with Gasteiger partial charge in [-0.25, -0.2) is 0 Å². The Labute approximate surface area is 128 Å². The van der Waals surface area contributed by atoms with Crippen LogP contribution in [-0.2, 0) is 0 Å². The number of nitrogens with zero attached hydrogens (tertiary/aromatic N) is 1. The van der Waals surface area contributed by atoms with E-state index in [-0.39, 0.29) is 23.6 Å². The third kappa shape index (κ3) is 3.31. The maximum absolute atomic E-state index is 12.3. The molecule has 3 rings (SSSR count). The molecular weight excluding hydrogens is 278 g/mol. The first-order valence-electron chi connectivity index (χ1n) is 7.27. The molecule has 5 nitrogen and oxygen atoms in total. The summed E-state index contributed by atoms with van der Waals surface area (Å²) in [6, 6.07) is 10.9. The average Bonchev–Trinajstić information content (AvgIpc) is 3.33. The van der Waals surface area contributed by atoms with Crippen molar-refractivity contribution in [2.45, 2.75) is 25.8 Å². The summed E-state index contributed by atoms with van der Waals surface area (Å²) in [5.74, 6) is -0.481. The fourth-order valence-corrected chi connectivity index (χ4v) is 2.09. The lowest BCUT2D eigenvalue weighted by atomic mass is 10.1. The molecule has 0 spiro atoms. The summed E-state index contributed by atoms with van der Waals surface area (Å²) >= 11 is 0. The molecule has 22 heavy (non-hydrogen) atoms. The van der Waals surface area contributed by atoms with Crippen LogP contribution in [0.2, 0.25) is 0 Å². The van der Waals surface area contributed by atoms with E-state index in [0.717, 1.165) is 24.1 Å². The molecule has 1 aliphatic rings. The van der Waals surface area contributed by atoms with Crippen molar-refractivity contribution in [1.82, 2.24) is 10.3 Å². The Hall–Kier alpha value is -2.69. The molecule has 1 aliphatic carbocycles. The van der Waals surface area contributed by atoms with E-state index in [1.807, 2.05) is 31.2 Å². The lowest BCUT2D eigenvalue weighted by molar-refractivity contribution is 0.0946. The number of rotatable bonds is 4. The van der Waals surface area contributed by atoms with Crippen molar-refractivity contribution in [3.8, 4) is 0 Å². The van der Waals surface area contributed by atoms with Crippen LogP contribution in [0.4, 0.5) is 5.69 Å². The number of benzene rings is 1. The van der Waals surface area contributed by atoms with Crippen LogP contribution in [0.5, 0.6) is 0 Å². The Balaban J connectivity index is 1.75. The van der Waals surface area contributed by atoms with Gasteiger partial charge in [0, 0.05) is 23.5 Å². The molecule has 2 aromatic rings. The first kappa shape index (κ1) is 14.3. The summed E-state index contributed by atoms with van der Waals surface area (Å²) in [5, 5.41) is 5.71. The van der Waals surface area contributed by atoms with Crippen LogP contribution in [0, 0.1) is 6.92 Å². The maximum Gasteiger partial charge on any atom is 0.270 e. The lowest BCUT2D eigenvalue weighted by Crippen LogP contribution is -2.26. The fourth-order valence-electron chi connectivity index (χ4n) is 2.09. The minimum atomic E-state index is -0.253. The number of aryl methyl sites for hydroxylation is 1. The number of pyridine rings is 1. The van der Waals surface area contributed by atoms with Crippen LogP contribution in [0.1, 0.15) is 39.3 Å². The minimum Gasteiger partial charge on any atom is -0.348 e. The zero-order chi connectivity index (χ0) is 15.5. The predicted octanol–water partition coefficient (Wildman–Crippen LogP) is 2.53. The lowest BCUT2D eigenvalue weighted by Gasteiger charge is -2.09. The molecule has 1 saturated carbocycles. The second-order valence-electron chi connectivity index (χ2n) is 5.45. The number of amides is 2. The summed E-state index contributed by atoms with van der Waals surface area (Å²) in [7, 11) is 0. The zero-order valence-corrected chi connectivity index (χ0v) is 12.3. The number of nitrogens with one attached hydrogen (secondary N) is 2. The third-order valence-electron chi connectivity index (χ3n) is 3.56. The molecule has 1 aromatic heterocycles. The van der Waals surface area contributed by atoms with Gasteiger partial charge in [-0.15, -0.1) is 0 Å². The van der Waals surface area contributed by atoms with Crippen LogP contribution in [0.3, 0.4) is 0 Å². The SMILES string of the molecule is Cc1ccccc1NC(=O)c1ccnc(C(=O)NC2CC2)c1. The van der Waals surface area contributed by atoms with Crippen molar-refractivity contribution in [2.75, 3.05) is 5.32 Å². The Morgan fingerprint density at radius 3 is 2.64 bits per heavy atom. The van der Waals surface area contributed by atoms with Crippen molar-refractivity contribution in [3.63, 3.8) is 0 Å². The number of hydrogen-bond acceptors (Lipinski definition) is 3. The smallest absolute Gasteiger partial charge is 0.270 e. The first-order chi connectivity index (χ1) is 10.6. The Kier molecular flexibility index (Phi) is 3.87. The Morgan fingerprint density at radius 2 is 1.91 bits per heavy atom. The van der Waals surface area contributed by atoms with Gasteiger partial charge in [0.2, 0.25) is 0 Å². The number of carbonyl (C=O) groups is 2. The molecular formula is C17H17N3O2. The highest BCUT2D eigenvalue weighted by Gasteiger charge is 2.24. The van der Waals surface area contributed by atoms with Gasteiger partial charge in [-0.3, -0.25) is 14.6 Å². The van der Waals surface area contributed by atoms with Gasteiger partial charge in [-0.1, -0.05) is 18.2 Å². The van der Waals surface area contributed by atoms with Crippen LogP contribution < -0.4 is 10.6 Å². The minimum absolute atomic E-state index is 0.229. The van der Waals surface area contributed by atoms with Gasteiger partial charge in [0.1, 0.15) is 5.69 Å². The molecule has 0 radical (unpaired) electrons. The van der Waals surface area contributed by atoms with Gasteiger partial charge in [-0.05, 0) is 43.5 Å². The highest BCUT2D eigenvalue weighted by molar-refractivity contribution is 6.06. The van der Waals surface area contributed by atoms with Crippen molar-refractivity contribution < 1.29 is 9.59 Å². The Bertz CT molecular complexity index is 723. The third-order valence-corrected chi connectivity index (χ3v) is 3.56. The monoisotopic (exact) mass is 295 g/mol. The van der Waals surface area contributed by atoms with E-state index < -0.39 is 0 Å². The highest BCUT2D eigenvalue weighted by atomic mass is 16.2. The molecule has 0 unspecified atom stereocenters. The van der Waals surface area contributed by atoms with E-state index in [4.69, 9.17) is 0 Å². The van der Waals surface area contributed by atoms with Crippen molar-refractivity contribution >= 4 is 17.5 Å². The number of hydrogen-bond donors (Lipinski definition) is 2. The normalized spacial score (nSPS) is 13.5. The van der Waals surface area contributed by atoms with Crippen LogP contribution in [0.15, 0.2) is 42.6 Å². The second-order valence-corrected chi connectivity index (χ2v) is 5.45. The van der Waals surface area contributed by atoms with Crippen LogP contribution >= 0.6 is 0 Å². The van der Waals surface area contributed by atoms with Crippen LogP contribution in [0.25, 0.3) is 0 Å². The first-order valence-corrected chi connectivity index (χ1v) is 7.27. The molecule has 2 N–H and O–H groups in total. The molecule has 0 saturated heterocycles. The molecule has 1 aromatic carbocycles. The van der Waals surface area contributed by atoms with Gasteiger partial charge in [0.05, 0.1) is 0 Å². The van der Waals surface area contributed by atoms with E-state index in [9.17, 15) is 9.59 Å². The van der Waals surface area contributed by atoms with E-state index in [0.29, 0.717) is 5.56 Å². The quantitative estimate of drug-likeness (QED) is 0.910. The van der Waals surface area contributed by atoms with E-state index >= 15 is 0 Å². The summed E-state index contributed by atoms with van der Waals surface area (Å²) in [6.45, 7) is 1.93. The summed E-state index contributed by atoms with van der Waals surface area (Å²) in [6.07, 6.45) is 3.51. The predicted molar refractivity (Wildman–Crippen MR) is 83.9 cm³/mol. The molecule has 1 fully saturated rings. The largest absolute Gasteiger partial charge is 0.348 e. The van der Waals surface area contributed by atoms with Gasteiger partial charge in [-0.2, -0.15) is 0 Å². The molecule has 112 valence electrons. The summed E-state index contributed by atoms with van der Waals surface area (Å²) < 4.78 is 0. The number of anilines is 1. The Morgan fingerprint density at radius 1 is 1.14 bits per heavy atom. The molecule has 2 amide bonds. The molecule has 0 atom stereocenters. The summed E-state index contributed by atoms with van der Waals surface area (Å²) in [5.41, 5.74) is 2.42. The molecule has 5 heteroatoms. The van der Waals surface area contributed by atoms with Crippen molar-refractivity contribution in [2.24, 2.45) is 0 Å². The second kappa shape index (κ2) is 5.97. The highest BCUT2D eigenvalue weighted by Crippen LogP contribution is 2.19. The van der Waals surface area contributed by atoms with E-state index in [1.165, 1.54) is 12.3 Å².